The highest BCUT2D eigenvalue weighted by Gasteiger charge is 2.23. The lowest BCUT2D eigenvalue weighted by molar-refractivity contribution is 0.724. The predicted octanol–water partition coefficient (Wildman–Crippen LogP) is 0.737. The molecule has 1 aromatic heterocycles. The van der Waals surface area contributed by atoms with E-state index in [1.54, 1.807) is 12.1 Å². The van der Waals surface area contributed by atoms with Gasteiger partial charge in [0.05, 0.1) is 0 Å². The van der Waals surface area contributed by atoms with Crippen LogP contribution in [0.25, 0.3) is 0 Å². The van der Waals surface area contributed by atoms with Crippen LogP contribution in [0.3, 0.4) is 0 Å². The molecule has 0 bridgehead atoms. The Morgan fingerprint density at radius 1 is 1.17 bits per heavy atom. The number of nitrogens with one attached hydrogen (secondary N) is 1. The van der Waals surface area contributed by atoms with Crippen LogP contribution in [0.15, 0.2) is 33.9 Å². The largest absolute Gasteiger partial charge is 0.330 e. The van der Waals surface area contributed by atoms with E-state index in [0.29, 0.717) is 24.1 Å². The lowest BCUT2D eigenvalue weighted by Crippen LogP contribution is -2.36. The second kappa shape index (κ2) is 3.99. The first-order chi connectivity index (χ1) is 8.66. The summed E-state index contributed by atoms with van der Waals surface area (Å²) in [5.74, 6) is 0.446. The molecule has 0 spiro atoms. The third-order valence-electron chi connectivity index (χ3n) is 2.87. The number of aromatic amines is 1. The van der Waals surface area contributed by atoms with Crippen molar-refractivity contribution in [3.63, 3.8) is 0 Å². The van der Waals surface area contributed by atoms with Crippen LogP contribution in [0.4, 0.5) is 11.6 Å². The molecule has 0 saturated carbocycles. The molecule has 0 fully saturated rings. The summed E-state index contributed by atoms with van der Waals surface area (Å²) in [5.41, 5.74) is -0.391. The van der Waals surface area contributed by atoms with Gasteiger partial charge in [0, 0.05) is 23.8 Å². The summed E-state index contributed by atoms with van der Waals surface area (Å²) in [6.45, 7) is 1.05. The SMILES string of the molecule is O=c1[nH]nc2n(c1=O)CCN2c1ccc(Cl)cc1. The van der Waals surface area contributed by atoms with Crippen molar-refractivity contribution in [1.82, 2.24) is 14.8 Å². The minimum Gasteiger partial charge on any atom is -0.309 e. The second-order valence-corrected chi connectivity index (χ2v) is 4.37. The van der Waals surface area contributed by atoms with E-state index in [2.05, 4.69) is 10.2 Å². The van der Waals surface area contributed by atoms with Gasteiger partial charge in [-0.2, -0.15) is 0 Å². The van der Waals surface area contributed by atoms with E-state index >= 15 is 0 Å². The Morgan fingerprint density at radius 2 is 1.89 bits per heavy atom. The molecule has 1 N–H and O–H groups in total. The van der Waals surface area contributed by atoms with E-state index < -0.39 is 11.1 Å². The molecule has 0 unspecified atom stereocenters. The molecule has 0 atom stereocenters. The van der Waals surface area contributed by atoms with Crippen molar-refractivity contribution in [2.75, 3.05) is 11.4 Å². The number of benzene rings is 1. The van der Waals surface area contributed by atoms with Gasteiger partial charge in [-0.05, 0) is 24.3 Å². The summed E-state index contributed by atoms with van der Waals surface area (Å²) < 4.78 is 1.37. The summed E-state index contributed by atoms with van der Waals surface area (Å²) in [6, 6.07) is 7.22. The monoisotopic (exact) mass is 264 g/mol. The molecule has 3 rings (SSSR count). The van der Waals surface area contributed by atoms with Crippen molar-refractivity contribution in [3.8, 4) is 0 Å². The molecular formula is C11H9ClN4O2. The molecule has 0 radical (unpaired) electrons. The molecule has 0 amide bonds. The minimum atomic E-state index is -0.697. The maximum atomic E-state index is 11.6. The van der Waals surface area contributed by atoms with Gasteiger partial charge in [0.15, 0.2) is 0 Å². The number of fused-ring (bicyclic) bond motifs is 1. The average molecular weight is 265 g/mol. The highest BCUT2D eigenvalue weighted by Crippen LogP contribution is 2.26. The fraction of sp³-hybridized carbons (Fsp3) is 0.182. The molecule has 2 aromatic rings. The number of hydrogen-bond donors (Lipinski definition) is 1. The van der Waals surface area contributed by atoms with Crippen molar-refractivity contribution >= 4 is 23.2 Å². The zero-order chi connectivity index (χ0) is 12.7. The van der Waals surface area contributed by atoms with Gasteiger partial charge in [0.2, 0.25) is 5.95 Å². The van der Waals surface area contributed by atoms with Crippen LogP contribution in [0, 0.1) is 0 Å². The van der Waals surface area contributed by atoms with Gasteiger partial charge in [-0.1, -0.05) is 11.6 Å². The molecular weight excluding hydrogens is 256 g/mol. The minimum absolute atomic E-state index is 0.446. The van der Waals surface area contributed by atoms with Crippen molar-refractivity contribution in [3.05, 3.63) is 50.0 Å². The number of anilines is 2. The van der Waals surface area contributed by atoms with Gasteiger partial charge in [-0.3, -0.25) is 14.2 Å². The number of rotatable bonds is 1. The molecule has 0 saturated heterocycles. The third kappa shape index (κ3) is 1.62. The third-order valence-corrected chi connectivity index (χ3v) is 3.12. The number of halogens is 1. The van der Waals surface area contributed by atoms with Crippen LogP contribution in [0.2, 0.25) is 5.02 Å². The van der Waals surface area contributed by atoms with E-state index in [0.717, 1.165) is 5.69 Å². The van der Waals surface area contributed by atoms with E-state index in [4.69, 9.17) is 11.6 Å². The summed E-state index contributed by atoms with van der Waals surface area (Å²) in [7, 11) is 0. The van der Waals surface area contributed by atoms with Crippen LogP contribution < -0.4 is 16.0 Å². The average Bonchev–Trinajstić information content (AvgIpc) is 2.79. The van der Waals surface area contributed by atoms with Crippen LogP contribution >= 0.6 is 11.6 Å². The molecule has 1 aliphatic rings. The van der Waals surface area contributed by atoms with Crippen molar-refractivity contribution < 1.29 is 0 Å². The topological polar surface area (TPSA) is 71.0 Å². The first kappa shape index (κ1) is 11.0. The fourth-order valence-corrected chi connectivity index (χ4v) is 2.12. The highest BCUT2D eigenvalue weighted by atomic mass is 35.5. The van der Waals surface area contributed by atoms with Crippen molar-refractivity contribution in [2.24, 2.45) is 0 Å². The number of hydrogen-bond acceptors (Lipinski definition) is 4. The zero-order valence-electron chi connectivity index (χ0n) is 9.26. The fourth-order valence-electron chi connectivity index (χ4n) is 2.00. The number of aromatic nitrogens is 3. The standard InChI is InChI=1S/C11H9ClN4O2/c12-7-1-3-8(4-2-7)15-5-6-16-10(18)9(17)13-14-11(15)16/h1-4H,5-6H2,(H,13,17). The molecule has 6 nitrogen and oxygen atoms in total. The summed E-state index contributed by atoms with van der Waals surface area (Å²) in [4.78, 5) is 24.7. The summed E-state index contributed by atoms with van der Waals surface area (Å²) >= 11 is 5.83. The van der Waals surface area contributed by atoms with E-state index in [-0.39, 0.29) is 0 Å². The number of nitrogens with zero attached hydrogens (tertiary/aromatic N) is 3. The first-order valence-corrected chi connectivity index (χ1v) is 5.77. The van der Waals surface area contributed by atoms with Gasteiger partial charge >= 0.3 is 11.1 Å². The smallest absolute Gasteiger partial charge is 0.309 e. The molecule has 0 aliphatic carbocycles. The molecule has 2 heterocycles. The van der Waals surface area contributed by atoms with E-state index in [9.17, 15) is 9.59 Å². The van der Waals surface area contributed by atoms with Crippen molar-refractivity contribution in [1.29, 1.82) is 0 Å². The van der Waals surface area contributed by atoms with Gasteiger partial charge in [0.1, 0.15) is 0 Å². The van der Waals surface area contributed by atoms with E-state index in [1.807, 2.05) is 17.0 Å². The van der Waals surface area contributed by atoms with Crippen LogP contribution in [0.1, 0.15) is 0 Å². The second-order valence-electron chi connectivity index (χ2n) is 3.94. The maximum absolute atomic E-state index is 11.6. The maximum Gasteiger partial charge on any atom is 0.330 e. The summed E-state index contributed by atoms with van der Waals surface area (Å²) in [5, 5.41) is 6.77. The summed E-state index contributed by atoms with van der Waals surface area (Å²) in [6.07, 6.45) is 0. The predicted molar refractivity (Wildman–Crippen MR) is 67.6 cm³/mol. The Bertz CT molecular complexity index is 704. The van der Waals surface area contributed by atoms with Gasteiger partial charge < -0.3 is 4.90 Å². The van der Waals surface area contributed by atoms with E-state index in [1.165, 1.54) is 4.57 Å². The van der Waals surface area contributed by atoms with Crippen LogP contribution in [-0.4, -0.2) is 21.3 Å². The lowest BCUT2D eigenvalue weighted by atomic mass is 10.3. The Balaban J connectivity index is 2.11. The van der Waals surface area contributed by atoms with Gasteiger partial charge in [0.25, 0.3) is 0 Å². The normalized spacial score (nSPS) is 13.7. The highest BCUT2D eigenvalue weighted by molar-refractivity contribution is 6.30. The van der Waals surface area contributed by atoms with Gasteiger partial charge in [-0.25, -0.2) is 5.10 Å². The Labute approximate surface area is 106 Å². The lowest BCUT2D eigenvalue weighted by Gasteiger charge is -2.16. The Kier molecular flexibility index (Phi) is 2.45. The Hall–Kier alpha value is -2.08. The number of H-pyrrole nitrogens is 1. The molecule has 92 valence electrons. The Morgan fingerprint density at radius 3 is 2.61 bits per heavy atom. The van der Waals surface area contributed by atoms with Crippen molar-refractivity contribution in [2.45, 2.75) is 6.54 Å². The zero-order valence-corrected chi connectivity index (χ0v) is 10.0. The quantitative estimate of drug-likeness (QED) is 0.771. The van der Waals surface area contributed by atoms with Gasteiger partial charge in [-0.15, -0.1) is 5.10 Å². The first-order valence-electron chi connectivity index (χ1n) is 5.39. The molecule has 18 heavy (non-hydrogen) atoms. The molecule has 1 aliphatic heterocycles. The van der Waals surface area contributed by atoms with Crippen LogP contribution in [0.5, 0.6) is 0 Å². The molecule has 7 heteroatoms. The molecule has 1 aromatic carbocycles. The van der Waals surface area contributed by atoms with Crippen LogP contribution in [-0.2, 0) is 6.54 Å².